The van der Waals surface area contributed by atoms with Crippen molar-refractivity contribution in [2.24, 2.45) is 0 Å². The minimum Gasteiger partial charge on any atom is -0.463 e. The van der Waals surface area contributed by atoms with Gasteiger partial charge in [-0.3, -0.25) is 4.79 Å². The number of hydrogen-bond acceptors (Lipinski definition) is 3. The number of carbonyl (C=O) groups excluding carboxylic acids is 2. The number of ether oxygens (including phenoxy) is 1. The molecule has 0 spiro atoms. The van der Waals surface area contributed by atoms with E-state index in [4.69, 9.17) is 4.74 Å². The first-order chi connectivity index (χ1) is 6.15. The van der Waals surface area contributed by atoms with Gasteiger partial charge in [-0.05, 0) is 26.8 Å². The standard InChI is InChI=1S/C10H14O3/c1-4-9(7-11)6-8(3)10(12)13-5-2/h4,6-7H,5H2,1-3H3/b8-6+,9-4+. The molecule has 0 aromatic rings. The number of carbonyl (C=O) groups is 2. The number of hydrogen-bond donors (Lipinski definition) is 0. The molecule has 0 unspecified atom stereocenters. The van der Waals surface area contributed by atoms with Crippen LogP contribution in [0.2, 0.25) is 0 Å². The molecule has 0 aromatic carbocycles. The van der Waals surface area contributed by atoms with Crippen molar-refractivity contribution in [2.75, 3.05) is 6.61 Å². The summed E-state index contributed by atoms with van der Waals surface area (Å²) < 4.78 is 4.74. The summed E-state index contributed by atoms with van der Waals surface area (Å²) in [4.78, 5) is 21.5. The lowest BCUT2D eigenvalue weighted by molar-refractivity contribution is -0.138. The lowest BCUT2D eigenvalue weighted by atomic mass is 10.2. The topological polar surface area (TPSA) is 43.4 Å². The van der Waals surface area contributed by atoms with Crippen molar-refractivity contribution in [3.63, 3.8) is 0 Å². The van der Waals surface area contributed by atoms with Crippen LogP contribution in [0.5, 0.6) is 0 Å². The molecular formula is C10H14O3. The molecule has 0 saturated carbocycles. The molecule has 0 aliphatic rings. The summed E-state index contributed by atoms with van der Waals surface area (Å²) in [6, 6.07) is 0. The van der Waals surface area contributed by atoms with Crippen LogP contribution < -0.4 is 0 Å². The highest BCUT2D eigenvalue weighted by molar-refractivity contribution is 5.91. The minimum atomic E-state index is -0.385. The van der Waals surface area contributed by atoms with Crippen molar-refractivity contribution in [1.82, 2.24) is 0 Å². The Balaban J connectivity index is 4.47. The summed E-state index contributed by atoms with van der Waals surface area (Å²) in [5, 5.41) is 0. The van der Waals surface area contributed by atoms with Crippen molar-refractivity contribution in [1.29, 1.82) is 0 Å². The Hall–Kier alpha value is -1.38. The third kappa shape index (κ3) is 4.25. The van der Waals surface area contributed by atoms with Gasteiger partial charge in [0.25, 0.3) is 0 Å². The van der Waals surface area contributed by atoms with E-state index in [1.807, 2.05) is 0 Å². The van der Waals surface area contributed by atoms with Crippen LogP contribution in [0.25, 0.3) is 0 Å². The van der Waals surface area contributed by atoms with E-state index >= 15 is 0 Å². The average Bonchev–Trinajstić information content (AvgIpc) is 2.14. The molecule has 0 atom stereocenters. The number of allylic oxidation sites excluding steroid dienone is 3. The zero-order valence-corrected chi connectivity index (χ0v) is 8.16. The van der Waals surface area contributed by atoms with Crippen LogP contribution in [0.4, 0.5) is 0 Å². The van der Waals surface area contributed by atoms with Gasteiger partial charge in [0.05, 0.1) is 6.61 Å². The molecule has 0 fully saturated rings. The number of aldehydes is 1. The Morgan fingerprint density at radius 2 is 2.08 bits per heavy atom. The van der Waals surface area contributed by atoms with Crippen molar-refractivity contribution >= 4 is 12.3 Å². The monoisotopic (exact) mass is 182 g/mol. The zero-order valence-electron chi connectivity index (χ0n) is 8.16. The van der Waals surface area contributed by atoms with Gasteiger partial charge in [-0.15, -0.1) is 0 Å². The predicted octanol–water partition coefficient (Wildman–Crippen LogP) is 1.64. The normalized spacial score (nSPS) is 12.5. The summed E-state index contributed by atoms with van der Waals surface area (Å²) in [6.45, 7) is 5.43. The van der Waals surface area contributed by atoms with Gasteiger partial charge in [-0.1, -0.05) is 6.08 Å². The second-order valence-corrected chi connectivity index (χ2v) is 2.45. The Bertz CT molecular complexity index is 249. The molecular weight excluding hydrogens is 168 g/mol. The van der Waals surface area contributed by atoms with Crippen LogP contribution in [-0.4, -0.2) is 18.9 Å². The maximum absolute atomic E-state index is 11.1. The van der Waals surface area contributed by atoms with Gasteiger partial charge < -0.3 is 4.74 Å². The fourth-order valence-electron chi connectivity index (χ4n) is 0.739. The predicted molar refractivity (Wildman–Crippen MR) is 50.2 cm³/mol. The SMILES string of the molecule is C/C=C(C=O)\C=C(/C)C(=O)OCC. The summed E-state index contributed by atoms with van der Waals surface area (Å²) in [6.07, 6.45) is 3.84. The van der Waals surface area contributed by atoms with Gasteiger partial charge >= 0.3 is 5.97 Å². The van der Waals surface area contributed by atoms with E-state index in [1.54, 1.807) is 26.8 Å². The highest BCUT2D eigenvalue weighted by atomic mass is 16.5. The Morgan fingerprint density at radius 1 is 1.46 bits per heavy atom. The summed E-state index contributed by atoms with van der Waals surface area (Å²) in [5.41, 5.74) is 0.910. The van der Waals surface area contributed by atoms with Crippen LogP contribution in [0.1, 0.15) is 20.8 Å². The summed E-state index contributed by atoms with van der Waals surface area (Å²) in [5.74, 6) is -0.385. The third-order valence-electron chi connectivity index (χ3n) is 1.45. The van der Waals surface area contributed by atoms with Crippen LogP contribution in [0, 0.1) is 0 Å². The van der Waals surface area contributed by atoms with E-state index in [-0.39, 0.29) is 5.97 Å². The molecule has 0 aliphatic heterocycles. The van der Waals surface area contributed by atoms with E-state index in [1.165, 1.54) is 6.08 Å². The quantitative estimate of drug-likeness (QED) is 0.287. The van der Waals surface area contributed by atoms with Crippen LogP contribution >= 0.6 is 0 Å². The molecule has 0 aliphatic carbocycles. The van der Waals surface area contributed by atoms with Crippen molar-refractivity contribution in [2.45, 2.75) is 20.8 Å². The van der Waals surface area contributed by atoms with E-state index < -0.39 is 0 Å². The lowest BCUT2D eigenvalue weighted by Crippen LogP contribution is -2.05. The van der Waals surface area contributed by atoms with E-state index in [9.17, 15) is 9.59 Å². The fourth-order valence-corrected chi connectivity index (χ4v) is 0.739. The molecule has 0 aromatic heterocycles. The van der Waals surface area contributed by atoms with Gasteiger partial charge in [0.15, 0.2) is 0 Å². The Morgan fingerprint density at radius 3 is 2.46 bits per heavy atom. The van der Waals surface area contributed by atoms with Crippen LogP contribution in [0.3, 0.4) is 0 Å². The van der Waals surface area contributed by atoms with Crippen molar-refractivity contribution in [3.8, 4) is 0 Å². The second kappa shape index (κ2) is 6.17. The molecule has 3 nitrogen and oxygen atoms in total. The number of esters is 1. The first kappa shape index (κ1) is 11.6. The van der Waals surface area contributed by atoms with Gasteiger partial charge in [-0.2, -0.15) is 0 Å². The summed E-state index contributed by atoms with van der Waals surface area (Å²) >= 11 is 0. The fraction of sp³-hybridized carbons (Fsp3) is 0.400. The van der Waals surface area contributed by atoms with Crippen LogP contribution in [0.15, 0.2) is 23.3 Å². The molecule has 0 bridgehead atoms. The average molecular weight is 182 g/mol. The molecule has 0 N–H and O–H groups in total. The Labute approximate surface area is 78.1 Å². The van der Waals surface area contributed by atoms with Gasteiger partial charge in [0.1, 0.15) is 6.29 Å². The van der Waals surface area contributed by atoms with Gasteiger partial charge in [0, 0.05) is 11.1 Å². The minimum absolute atomic E-state index is 0.344. The first-order valence-electron chi connectivity index (χ1n) is 4.12. The summed E-state index contributed by atoms with van der Waals surface area (Å²) in [7, 11) is 0. The molecule has 0 heterocycles. The molecule has 0 rings (SSSR count). The lowest BCUT2D eigenvalue weighted by Gasteiger charge is -2.00. The van der Waals surface area contributed by atoms with Gasteiger partial charge in [-0.25, -0.2) is 4.79 Å². The van der Waals surface area contributed by atoms with Crippen molar-refractivity contribution < 1.29 is 14.3 Å². The van der Waals surface area contributed by atoms with E-state index in [0.29, 0.717) is 24.0 Å². The van der Waals surface area contributed by atoms with E-state index in [2.05, 4.69) is 0 Å². The molecule has 72 valence electrons. The smallest absolute Gasteiger partial charge is 0.333 e. The molecule has 3 heteroatoms. The Kier molecular flexibility index (Phi) is 5.52. The van der Waals surface area contributed by atoms with Crippen LogP contribution in [-0.2, 0) is 14.3 Å². The largest absolute Gasteiger partial charge is 0.463 e. The zero-order chi connectivity index (χ0) is 10.3. The van der Waals surface area contributed by atoms with Gasteiger partial charge in [0.2, 0.25) is 0 Å². The number of rotatable bonds is 4. The molecule has 0 amide bonds. The molecule has 0 saturated heterocycles. The maximum atomic E-state index is 11.1. The second-order valence-electron chi connectivity index (χ2n) is 2.45. The molecule has 0 radical (unpaired) electrons. The molecule has 13 heavy (non-hydrogen) atoms. The van der Waals surface area contributed by atoms with E-state index in [0.717, 1.165) is 0 Å². The highest BCUT2D eigenvalue weighted by Gasteiger charge is 2.04. The van der Waals surface area contributed by atoms with Crippen molar-refractivity contribution in [3.05, 3.63) is 23.3 Å². The maximum Gasteiger partial charge on any atom is 0.333 e. The highest BCUT2D eigenvalue weighted by Crippen LogP contribution is 2.02. The third-order valence-corrected chi connectivity index (χ3v) is 1.45. The first-order valence-corrected chi connectivity index (χ1v) is 4.12.